The standard InChI is InChI=1S/C16H25NO3S/c1-14-8-3-4-9-15(14)16-10-7-11-17(16)21(18,19)13-6-5-12-20-2/h3-4,8-9,16H,5-7,10-13H2,1-2H3/t16-/m0/s1. The molecule has 1 aliphatic heterocycles. The summed E-state index contributed by atoms with van der Waals surface area (Å²) in [6.07, 6.45) is 3.31. The van der Waals surface area contributed by atoms with Gasteiger partial charge in [0.15, 0.2) is 0 Å². The van der Waals surface area contributed by atoms with Crippen LogP contribution < -0.4 is 0 Å². The number of ether oxygens (including phenoxy) is 1. The third kappa shape index (κ3) is 4.05. The normalized spacial score (nSPS) is 20.0. The first-order valence-electron chi connectivity index (χ1n) is 7.60. The van der Waals surface area contributed by atoms with Gasteiger partial charge < -0.3 is 4.74 Å². The summed E-state index contributed by atoms with van der Waals surface area (Å²) >= 11 is 0. The molecule has 1 saturated heterocycles. The van der Waals surface area contributed by atoms with Crippen molar-refractivity contribution in [2.24, 2.45) is 0 Å². The van der Waals surface area contributed by atoms with Gasteiger partial charge in [-0.05, 0) is 43.7 Å². The number of unbranched alkanes of at least 4 members (excludes halogenated alkanes) is 1. The molecule has 4 nitrogen and oxygen atoms in total. The minimum absolute atomic E-state index is 0.0126. The van der Waals surface area contributed by atoms with Crippen molar-refractivity contribution in [3.05, 3.63) is 35.4 Å². The Morgan fingerprint density at radius 2 is 2.05 bits per heavy atom. The second-order valence-electron chi connectivity index (χ2n) is 5.64. The summed E-state index contributed by atoms with van der Waals surface area (Å²) in [7, 11) is -1.53. The van der Waals surface area contributed by atoms with E-state index in [1.54, 1.807) is 11.4 Å². The molecule has 0 bridgehead atoms. The average Bonchev–Trinajstić information content (AvgIpc) is 2.94. The number of hydrogen-bond acceptors (Lipinski definition) is 3. The molecule has 1 aromatic rings. The summed E-state index contributed by atoms with van der Waals surface area (Å²) in [4.78, 5) is 0. The van der Waals surface area contributed by atoms with Crippen molar-refractivity contribution in [3.8, 4) is 0 Å². The summed E-state index contributed by atoms with van der Waals surface area (Å²) < 4.78 is 31.8. The number of methoxy groups -OCH3 is 1. The van der Waals surface area contributed by atoms with Crippen LogP contribution in [0.5, 0.6) is 0 Å². The largest absolute Gasteiger partial charge is 0.385 e. The highest BCUT2D eigenvalue weighted by Gasteiger charge is 2.35. The fourth-order valence-electron chi connectivity index (χ4n) is 2.99. The number of sulfonamides is 1. The molecule has 0 unspecified atom stereocenters. The SMILES string of the molecule is COCCCCS(=O)(=O)N1CCC[C@H]1c1ccccc1C. The highest BCUT2D eigenvalue weighted by molar-refractivity contribution is 7.89. The third-order valence-corrected chi connectivity index (χ3v) is 6.07. The molecular formula is C16H25NO3S. The molecule has 1 aliphatic rings. The van der Waals surface area contributed by atoms with Crippen LogP contribution in [0.15, 0.2) is 24.3 Å². The zero-order chi connectivity index (χ0) is 15.3. The van der Waals surface area contributed by atoms with Crippen LogP contribution in [0.1, 0.15) is 42.9 Å². The maximum absolute atomic E-state index is 12.6. The fourth-order valence-corrected chi connectivity index (χ4v) is 4.81. The molecule has 0 aliphatic carbocycles. The van der Waals surface area contributed by atoms with Crippen LogP contribution in [-0.2, 0) is 14.8 Å². The zero-order valence-corrected chi connectivity index (χ0v) is 13.7. The van der Waals surface area contributed by atoms with Gasteiger partial charge in [-0.3, -0.25) is 0 Å². The second-order valence-corrected chi connectivity index (χ2v) is 7.68. The van der Waals surface area contributed by atoms with E-state index in [-0.39, 0.29) is 11.8 Å². The minimum atomic E-state index is -3.18. The lowest BCUT2D eigenvalue weighted by Crippen LogP contribution is -2.33. The van der Waals surface area contributed by atoms with E-state index in [0.717, 1.165) is 24.8 Å². The fraction of sp³-hybridized carbons (Fsp3) is 0.625. The average molecular weight is 311 g/mol. The molecule has 118 valence electrons. The molecule has 1 aromatic carbocycles. The smallest absolute Gasteiger partial charge is 0.214 e. The van der Waals surface area contributed by atoms with Crippen molar-refractivity contribution in [2.75, 3.05) is 26.0 Å². The first-order chi connectivity index (χ1) is 10.1. The van der Waals surface area contributed by atoms with Crippen molar-refractivity contribution >= 4 is 10.0 Å². The van der Waals surface area contributed by atoms with Gasteiger partial charge in [-0.25, -0.2) is 8.42 Å². The Bertz CT molecular complexity index is 556. The predicted molar refractivity (Wildman–Crippen MR) is 84.8 cm³/mol. The van der Waals surface area contributed by atoms with E-state index in [2.05, 4.69) is 19.1 Å². The molecule has 0 saturated carbocycles. The van der Waals surface area contributed by atoms with Gasteiger partial charge in [0, 0.05) is 26.3 Å². The number of rotatable bonds is 7. The van der Waals surface area contributed by atoms with E-state index in [1.807, 2.05) is 12.1 Å². The summed E-state index contributed by atoms with van der Waals surface area (Å²) in [5, 5.41) is 0. The van der Waals surface area contributed by atoms with E-state index in [1.165, 1.54) is 5.56 Å². The molecule has 0 spiro atoms. The van der Waals surface area contributed by atoms with Crippen molar-refractivity contribution in [2.45, 2.75) is 38.6 Å². The van der Waals surface area contributed by atoms with Gasteiger partial charge in [-0.1, -0.05) is 24.3 Å². The van der Waals surface area contributed by atoms with Crippen molar-refractivity contribution in [1.29, 1.82) is 0 Å². The van der Waals surface area contributed by atoms with Crippen LogP contribution in [0.2, 0.25) is 0 Å². The Hall–Kier alpha value is -0.910. The van der Waals surface area contributed by atoms with E-state index >= 15 is 0 Å². The third-order valence-electron chi connectivity index (χ3n) is 4.11. The molecule has 0 amide bonds. The molecule has 0 radical (unpaired) electrons. The van der Waals surface area contributed by atoms with Crippen LogP contribution in [0, 0.1) is 6.92 Å². The van der Waals surface area contributed by atoms with Gasteiger partial charge in [-0.2, -0.15) is 4.31 Å². The summed E-state index contributed by atoms with van der Waals surface area (Å²) in [6, 6.07) is 8.11. The van der Waals surface area contributed by atoms with Gasteiger partial charge in [0.25, 0.3) is 0 Å². The highest BCUT2D eigenvalue weighted by Crippen LogP contribution is 2.35. The number of benzene rings is 1. The summed E-state index contributed by atoms with van der Waals surface area (Å²) in [6.45, 7) is 3.32. The number of aryl methyl sites for hydroxylation is 1. The Kier molecular flexibility index (Phi) is 5.79. The number of nitrogens with zero attached hydrogens (tertiary/aromatic N) is 1. The van der Waals surface area contributed by atoms with Gasteiger partial charge in [0.1, 0.15) is 0 Å². The topological polar surface area (TPSA) is 46.6 Å². The zero-order valence-electron chi connectivity index (χ0n) is 12.9. The maximum Gasteiger partial charge on any atom is 0.214 e. The Morgan fingerprint density at radius 3 is 2.76 bits per heavy atom. The molecule has 5 heteroatoms. The Labute approximate surface area is 128 Å². The lowest BCUT2D eigenvalue weighted by atomic mass is 10.0. The van der Waals surface area contributed by atoms with Crippen LogP contribution in [-0.4, -0.2) is 38.7 Å². The lowest BCUT2D eigenvalue weighted by molar-refractivity contribution is 0.194. The van der Waals surface area contributed by atoms with Gasteiger partial charge >= 0.3 is 0 Å². The van der Waals surface area contributed by atoms with Crippen LogP contribution in [0.25, 0.3) is 0 Å². The van der Waals surface area contributed by atoms with E-state index < -0.39 is 10.0 Å². The molecular weight excluding hydrogens is 286 g/mol. The minimum Gasteiger partial charge on any atom is -0.385 e. The van der Waals surface area contributed by atoms with Crippen LogP contribution in [0.4, 0.5) is 0 Å². The van der Waals surface area contributed by atoms with E-state index in [0.29, 0.717) is 19.6 Å². The molecule has 1 fully saturated rings. The van der Waals surface area contributed by atoms with Crippen LogP contribution in [0.3, 0.4) is 0 Å². The quantitative estimate of drug-likeness (QED) is 0.727. The van der Waals surface area contributed by atoms with Crippen molar-refractivity contribution in [3.63, 3.8) is 0 Å². The van der Waals surface area contributed by atoms with E-state index in [4.69, 9.17) is 4.74 Å². The van der Waals surface area contributed by atoms with Crippen molar-refractivity contribution < 1.29 is 13.2 Å². The molecule has 21 heavy (non-hydrogen) atoms. The maximum atomic E-state index is 12.6. The molecule has 0 aromatic heterocycles. The van der Waals surface area contributed by atoms with Gasteiger partial charge in [-0.15, -0.1) is 0 Å². The highest BCUT2D eigenvalue weighted by atomic mass is 32.2. The summed E-state index contributed by atoms with van der Waals surface area (Å²) in [5.74, 6) is 0.221. The monoisotopic (exact) mass is 311 g/mol. The lowest BCUT2D eigenvalue weighted by Gasteiger charge is -2.25. The second kappa shape index (κ2) is 7.38. The van der Waals surface area contributed by atoms with E-state index in [9.17, 15) is 8.42 Å². The van der Waals surface area contributed by atoms with Crippen LogP contribution >= 0.6 is 0 Å². The first-order valence-corrected chi connectivity index (χ1v) is 9.21. The molecule has 2 rings (SSSR count). The molecule has 0 N–H and O–H groups in total. The summed E-state index contributed by atoms with van der Waals surface area (Å²) in [5.41, 5.74) is 2.32. The Balaban J connectivity index is 2.09. The van der Waals surface area contributed by atoms with Crippen molar-refractivity contribution in [1.82, 2.24) is 4.31 Å². The van der Waals surface area contributed by atoms with Gasteiger partial charge in [0.2, 0.25) is 10.0 Å². The number of hydrogen-bond donors (Lipinski definition) is 0. The predicted octanol–water partition coefficient (Wildman–Crippen LogP) is 2.89. The molecule has 1 heterocycles. The van der Waals surface area contributed by atoms with Gasteiger partial charge in [0.05, 0.1) is 5.75 Å². The molecule has 1 atom stereocenters. The first kappa shape index (κ1) is 16.5. The Morgan fingerprint density at radius 1 is 1.29 bits per heavy atom.